The molecule has 0 heterocycles. The molecule has 0 radical (unpaired) electrons. The van der Waals surface area contributed by atoms with Crippen LogP contribution in [-0.2, 0) is 11.2 Å². The smallest absolute Gasteiger partial charge is 0.227 e. The number of rotatable bonds is 7. The van der Waals surface area contributed by atoms with Crippen molar-refractivity contribution in [1.29, 1.82) is 0 Å². The Kier molecular flexibility index (Phi) is 6.58. The molecule has 0 saturated carbocycles. The number of hydrogen-bond donors (Lipinski definition) is 0. The molecular formula is C14H20ClNO2. The van der Waals surface area contributed by atoms with E-state index in [1.165, 1.54) is 0 Å². The van der Waals surface area contributed by atoms with Crippen LogP contribution in [0.5, 0.6) is 5.75 Å². The number of methoxy groups -OCH3 is 1. The lowest BCUT2D eigenvalue weighted by molar-refractivity contribution is -0.130. The van der Waals surface area contributed by atoms with E-state index >= 15 is 0 Å². The van der Waals surface area contributed by atoms with E-state index in [-0.39, 0.29) is 5.91 Å². The summed E-state index contributed by atoms with van der Waals surface area (Å²) in [5.74, 6) is 1.41. The van der Waals surface area contributed by atoms with E-state index in [1.807, 2.05) is 29.2 Å². The van der Waals surface area contributed by atoms with Gasteiger partial charge in [0.05, 0.1) is 13.5 Å². The summed E-state index contributed by atoms with van der Waals surface area (Å²) in [4.78, 5) is 13.9. The van der Waals surface area contributed by atoms with E-state index in [9.17, 15) is 4.79 Å². The van der Waals surface area contributed by atoms with Crippen LogP contribution in [0.3, 0.4) is 0 Å². The number of nitrogens with zero attached hydrogens (tertiary/aromatic N) is 1. The first-order chi connectivity index (χ1) is 8.71. The molecule has 1 rings (SSSR count). The van der Waals surface area contributed by atoms with Crippen molar-refractivity contribution in [3.63, 3.8) is 0 Å². The summed E-state index contributed by atoms with van der Waals surface area (Å²) >= 11 is 5.71. The highest BCUT2D eigenvalue weighted by Gasteiger charge is 2.12. The summed E-state index contributed by atoms with van der Waals surface area (Å²) in [5.41, 5.74) is 0.997. The van der Waals surface area contributed by atoms with Crippen molar-refractivity contribution in [2.75, 3.05) is 26.1 Å². The SMILES string of the molecule is CCCN(CCCl)C(=O)Cc1ccc(OC)cc1. The van der Waals surface area contributed by atoms with E-state index in [1.54, 1.807) is 7.11 Å². The predicted octanol–water partition coefficient (Wildman–Crippen LogP) is 2.72. The molecule has 0 aliphatic rings. The minimum absolute atomic E-state index is 0.127. The zero-order valence-corrected chi connectivity index (χ0v) is 11.7. The Hall–Kier alpha value is -1.22. The number of benzene rings is 1. The highest BCUT2D eigenvalue weighted by molar-refractivity contribution is 6.18. The zero-order valence-electron chi connectivity index (χ0n) is 11.0. The Balaban J connectivity index is 2.60. The Morgan fingerprint density at radius 1 is 1.28 bits per heavy atom. The summed E-state index contributed by atoms with van der Waals surface area (Å²) in [5, 5.41) is 0. The number of amides is 1. The highest BCUT2D eigenvalue weighted by Crippen LogP contribution is 2.12. The number of hydrogen-bond acceptors (Lipinski definition) is 2. The molecule has 0 fully saturated rings. The van der Waals surface area contributed by atoms with Crippen LogP contribution < -0.4 is 4.74 Å². The van der Waals surface area contributed by atoms with Gasteiger partial charge in [-0.05, 0) is 24.1 Å². The molecule has 1 amide bonds. The molecule has 0 bridgehead atoms. The molecule has 0 unspecified atom stereocenters. The van der Waals surface area contributed by atoms with Gasteiger partial charge in [-0.15, -0.1) is 11.6 Å². The number of carbonyl (C=O) groups is 1. The third-order valence-electron chi connectivity index (χ3n) is 2.72. The van der Waals surface area contributed by atoms with Gasteiger partial charge in [0.15, 0.2) is 0 Å². The summed E-state index contributed by atoms with van der Waals surface area (Å²) in [7, 11) is 1.63. The fourth-order valence-electron chi connectivity index (χ4n) is 1.76. The van der Waals surface area contributed by atoms with Crippen LogP contribution >= 0.6 is 11.6 Å². The summed E-state index contributed by atoms with van der Waals surface area (Å²) in [6, 6.07) is 7.58. The highest BCUT2D eigenvalue weighted by atomic mass is 35.5. The van der Waals surface area contributed by atoms with Gasteiger partial charge < -0.3 is 9.64 Å². The molecule has 18 heavy (non-hydrogen) atoms. The fourth-order valence-corrected chi connectivity index (χ4v) is 1.97. The minimum atomic E-state index is 0.127. The average Bonchev–Trinajstić information content (AvgIpc) is 2.39. The van der Waals surface area contributed by atoms with Gasteiger partial charge in [0, 0.05) is 19.0 Å². The molecule has 0 saturated heterocycles. The van der Waals surface area contributed by atoms with Crippen LogP contribution in [0, 0.1) is 0 Å². The Labute approximate surface area is 114 Å². The quantitative estimate of drug-likeness (QED) is 0.713. The second-order valence-corrected chi connectivity index (χ2v) is 4.47. The summed E-state index contributed by atoms with van der Waals surface area (Å²) in [6.45, 7) is 3.44. The van der Waals surface area contributed by atoms with E-state index in [0.717, 1.165) is 24.3 Å². The number of halogens is 1. The lowest BCUT2D eigenvalue weighted by Crippen LogP contribution is -2.34. The lowest BCUT2D eigenvalue weighted by atomic mass is 10.1. The predicted molar refractivity (Wildman–Crippen MR) is 74.3 cm³/mol. The Morgan fingerprint density at radius 2 is 1.94 bits per heavy atom. The van der Waals surface area contributed by atoms with Crippen molar-refractivity contribution in [2.45, 2.75) is 19.8 Å². The maximum atomic E-state index is 12.1. The third-order valence-corrected chi connectivity index (χ3v) is 2.88. The molecule has 1 aromatic rings. The second-order valence-electron chi connectivity index (χ2n) is 4.09. The van der Waals surface area contributed by atoms with Crippen molar-refractivity contribution in [2.24, 2.45) is 0 Å². The van der Waals surface area contributed by atoms with Crippen LogP contribution in [-0.4, -0.2) is 36.9 Å². The van der Waals surface area contributed by atoms with Gasteiger partial charge in [0.1, 0.15) is 5.75 Å². The molecular weight excluding hydrogens is 250 g/mol. The molecule has 0 aliphatic heterocycles. The molecule has 0 N–H and O–H groups in total. The maximum absolute atomic E-state index is 12.1. The van der Waals surface area contributed by atoms with Gasteiger partial charge in [0.2, 0.25) is 5.91 Å². The summed E-state index contributed by atoms with van der Waals surface area (Å²) in [6.07, 6.45) is 1.37. The van der Waals surface area contributed by atoms with E-state index < -0.39 is 0 Å². The fraction of sp³-hybridized carbons (Fsp3) is 0.500. The molecule has 100 valence electrons. The molecule has 4 heteroatoms. The first-order valence-corrected chi connectivity index (χ1v) is 6.71. The van der Waals surface area contributed by atoms with Crippen LogP contribution in [0.25, 0.3) is 0 Å². The molecule has 0 atom stereocenters. The van der Waals surface area contributed by atoms with E-state index in [2.05, 4.69) is 6.92 Å². The number of ether oxygens (including phenoxy) is 1. The monoisotopic (exact) mass is 269 g/mol. The molecule has 0 aromatic heterocycles. The zero-order chi connectivity index (χ0) is 13.4. The van der Waals surface area contributed by atoms with E-state index in [0.29, 0.717) is 18.8 Å². The Morgan fingerprint density at radius 3 is 2.44 bits per heavy atom. The van der Waals surface area contributed by atoms with Gasteiger partial charge in [-0.2, -0.15) is 0 Å². The van der Waals surface area contributed by atoms with Gasteiger partial charge in [-0.25, -0.2) is 0 Å². The average molecular weight is 270 g/mol. The van der Waals surface area contributed by atoms with Gasteiger partial charge in [-0.3, -0.25) is 4.79 Å². The summed E-state index contributed by atoms with van der Waals surface area (Å²) < 4.78 is 5.09. The molecule has 1 aromatic carbocycles. The Bertz CT molecular complexity index is 359. The van der Waals surface area contributed by atoms with Gasteiger partial charge >= 0.3 is 0 Å². The standard InChI is InChI=1S/C14H20ClNO2/c1-3-9-16(10-8-15)14(17)11-12-4-6-13(18-2)7-5-12/h4-7H,3,8-11H2,1-2H3. The van der Waals surface area contributed by atoms with Gasteiger partial charge in [0.25, 0.3) is 0 Å². The van der Waals surface area contributed by atoms with Crippen molar-refractivity contribution in [3.8, 4) is 5.75 Å². The first-order valence-electron chi connectivity index (χ1n) is 6.18. The van der Waals surface area contributed by atoms with Crippen LogP contribution in [0.4, 0.5) is 0 Å². The number of carbonyl (C=O) groups excluding carboxylic acids is 1. The normalized spacial score (nSPS) is 10.2. The third kappa shape index (κ3) is 4.57. The van der Waals surface area contributed by atoms with Crippen molar-refractivity contribution >= 4 is 17.5 Å². The van der Waals surface area contributed by atoms with Crippen LogP contribution in [0.1, 0.15) is 18.9 Å². The largest absolute Gasteiger partial charge is 0.497 e. The van der Waals surface area contributed by atoms with E-state index in [4.69, 9.17) is 16.3 Å². The van der Waals surface area contributed by atoms with Crippen LogP contribution in [0.2, 0.25) is 0 Å². The topological polar surface area (TPSA) is 29.5 Å². The van der Waals surface area contributed by atoms with Crippen molar-refractivity contribution in [1.82, 2.24) is 4.90 Å². The number of alkyl halides is 1. The molecule has 3 nitrogen and oxygen atoms in total. The lowest BCUT2D eigenvalue weighted by Gasteiger charge is -2.21. The maximum Gasteiger partial charge on any atom is 0.227 e. The first kappa shape index (κ1) is 14.8. The second kappa shape index (κ2) is 7.98. The van der Waals surface area contributed by atoms with Crippen molar-refractivity contribution < 1.29 is 9.53 Å². The van der Waals surface area contributed by atoms with Crippen LogP contribution in [0.15, 0.2) is 24.3 Å². The van der Waals surface area contributed by atoms with Gasteiger partial charge in [-0.1, -0.05) is 19.1 Å². The molecule has 0 spiro atoms. The molecule has 0 aliphatic carbocycles. The minimum Gasteiger partial charge on any atom is -0.497 e. The van der Waals surface area contributed by atoms with Crippen molar-refractivity contribution in [3.05, 3.63) is 29.8 Å².